The third-order valence-electron chi connectivity index (χ3n) is 2.88. The largest absolute Gasteiger partial charge is 0.394 e. The molecule has 0 aromatic carbocycles. The minimum Gasteiger partial charge on any atom is -0.394 e. The highest BCUT2D eigenvalue weighted by atomic mass is 32.1. The van der Waals surface area contributed by atoms with Crippen molar-refractivity contribution in [3.05, 3.63) is 22.7 Å². The fourth-order valence-corrected chi connectivity index (χ4v) is 2.11. The summed E-state index contributed by atoms with van der Waals surface area (Å²) < 4.78 is 6.70. The van der Waals surface area contributed by atoms with Crippen LogP contribution in [0.25, 0.3) is 0 Å². The molecule has 0 spiro atoms. The van der Waals surface area contributed by atoms with Gasteiger partial charge in [0.05, 0.1) is 18.1 Å². The van der Waals surface area contributed by atoms with E-state index >= 15 is 0 Å². The van der Waals surface area contributed by atoms with Crippen LogP contribution in [0, 0.1) is 0 Å². The molecule has 0 amide bonds. The minimum absolute atomic E-state index is 0.119. The van der Waals surface area contributed by atoms with Crippen LogP contribution in [0.2, 0.25) is 0 Å². The summed E-state index contributed by atoms with van der Waals surface area (Å²) in [4.78, 5) is 15.7. The van der Waals surface area contributed by atoms with E-state index in [1.807, 2.05) is 6.92 Å². The van der Waals surface area contributed by atoms with Crippen molar-refractivity contribution in [3.63, 3.8) is 0 Å². The Bertz CT molecular complexity index is 493. The Morgan fingerprint density at radius 1 is 1.74 bits per heavy atom. The summed E-state index contributed by atoms with van der Waals surface area (Å²) in [7, 11) is 0. The highest BCUT2D eigenvalue weighted by Gasteiger charge is 2.34. The molecule has 19 heavy (non-hydrogen) atoms. The number of hydrogen-bond acceptors (Lipinski definition) is 7. The Morgan fingerprint density at radius 3 is 3.00 bits per heavy atom. The molecule has 3 N–H and O–H groups in total. The number of aliphatic hydroxyl groups excluding tert-OH is 2. The molecule has 2 rings (SSSR count). The number of nitrogens with one attached hydrogen (secondary N) is 1. The normalized spacial score (nSPS) is 28.3. The number of nitrogens with zero attached hydrogens (tertiary/aromatic N) is 2. The lowest BCUT2D eigenvalue weighted by Crippen LogP contribution is -2.28. The van der Waals surface area contributed by atoms with E-state index in [0.717, 1.165) is 0 Å². The average molecular weight is 287 g/mol. The van der Waals surface area contributed by atoms with Gasteiger partial charge in [0, 0.05) is 12.6 Å². The van der Waals surface area contributed by atoms with Gasteiger partial charge >= 0.3 is 5.69 Å². The van der Waals surface area contributed by atoms with Gasteiger partial charge in [0.25, 0.3) is 0 Å². The molecule has 1 fully saturated rings. The summed E-state index contributed by atoms with van der Waals surface area (Å²) >= 11 is 4.15. The van der Waals surface area contributed by atoms with Crippen molar-refractivity contribution in [2.75, 3.05) is 11.9 Å². The number of thiol groups is 1. The van der Waals surface area contributed by atoms with Gasteiger partial charge in [-0.05, 0) is 13.0 Å². The smallest absolute Gasteiger partial charge is 0.351 e. The van der Waals surface area contributed by atoms with Crippen molar-refractivity contribution >= 4 is 18.4 Å². The van der Waals surface area contributed by atoms with Gasteiger partial charge in [-0.15, -0.1) is 0 Å². The van der Waals surface area contributed by atoms with Gasteiger partial charge in [-0.3, -0.25) is 4.57 Å². The maximum absolute atomic E-state index is 11.9. The van der Waals surface area contributed by atoms with E-state index in [4.69, 9.17) is 9.84 Å². The Labute approximate surface area is 115 Å². The first-order valence-electron chi connectivity index (χ1n) is 5.99. The van der Waals surface area contributed by atoms with Crippen LogP contribution in [-0.2, 0) is 4.74 Å². The maximum Gasteiger partial charge on any atom is 0.351 e. The van der Waals surface area contributed by atoms with E-state index in [1.54, 1.807) is 12.3 Å². The summed E-state index contributed by atoms with van der Waals surface area (Å²) in [5.41, 5.74) is -0.477. The van der Waals surface area contributed by atoms with Crippen molar-refractivity contribution in [3.8, 4) is 0 Å². The maximum atomic E-state index is 11.9. The van der Waals surface area contributed by atoms with Crippen molar-refractivity contribution in [1.82, 2.24) is 9.55 Å². The van der Waals surface area contributed by atoms with Gasteiger partial charge < -0.3 is 20.3 Å². The van der Waals surface area contributed by atoms with E-state index in [2.05, 4.69) is 22.9 Å². The summed E-state index contributed by atoms with van der Waals surface area (Å²) in [5, 5.41) is 21.4. The van der Waals surface area contributed by atoms with E-state index < -0.39 is 24.1 Å². The first kappa shape index (κ1) is 14.3. The third-order valence-corrected chi connectivity index (χ3v) is 3.01. The number of rotatable bonds is 4. The van der Waals surface area contributed by atoms with Gasteiger partial charge in [0.2, 0.25) is 0 Å². The molecule has 8 heteroatoms. The topological polar surface area (TPSA) is 96.6 Å². The Kier molecular flexibility index (Phi) is 4.46. The molecule has 4 atom stereocenters. The Balaban J connectivity index is 2.16. The van der Waals surface area contributed by atoms with E-state index in [9.17, 15) is 9.90 Å². The predicted molar refractivity (Wildman–Crippen MR) is 72.2 cm³/mol. The monoisotopic (exact) mass is 287 g/mol. The van der Waals surface area contributed by atoms with E-state index in [1.165, 1.54) is 4.57 Å². The van der Waals surface area contributed by atoms with Crippen molar-refractivity contribution in [2.45, 2.75) is 37.2 Å². The zero-order valence-electron chi connectivity index (χ0n) is 10.4. The number of hydrogen-bond donors (Lipinski definition) is 4. The van der Waals surface area contributed by atoms with Gasteiger partial charge in [-0.2, -0.15) is 17.6 Å². The molecule has 7 nitrogen and oxygen atoms in total. The first-order chi connectivity index (χ1) is 9.01. The zero-order chi connectivity index (χ0) is 14.0. The molecule has 0 bridgehead atoms. The van der Waals surface area contributed by atoms with Crippen LogP contribution >= 0.6 is 12.6 Å². The van der Waals surface area contributed by atoms with Crippen LogP contribution in [0.15, 0.2) is 17.1 Å². The lowest BCUT2D eigenvalue weighted by atomic mass is 10.2. The molecule has 1 aromatic rings. The van der Waals surface area contributed by atoms with Crippen LogP contribution in [0.3, 0.4) is 0 Å². The highest BCUT2D eigenvalue weighted by molar-refractivity contribution is 7.81. The second-order valence-electron chi connectivity index (χ2n) is 4.44. The third kappa shape index (κ3) is 3.27. The summed E-state index contributed by atoms with van der Waals surface area (Å²) in [6.07, 6.45) is -0.244. The molecule has 0 saturated carbocycles. The average Bonchev–Trinajstić information content (AvgIpc) is 2.69. The number of aliphatic hydroxyl groups is 2. The van der Waals surface area contributed by atoms with Gasteiger partial charge in [0.15, 0.2) is 0 Å². The highest BCUT2D eigenvalue weighted by Crippen LogP contribution is 2.27. The Hall–Kier alpha value is -1.09. The zero-order valence-corrected chi connectivity index (χ0v) is 11.3. The summed E-state index contributed by atoms with van der Waals surface area (Å²) in [6, 6.07) is 1.64. The summed E-state index contributed by atoms with van der Waals surface area (Å²) in [6.45, 7) is 1.54. The molecule has 0 aliphatic carbocycles. The van der Waals surface area contributed by atoms with Crippen molar-refractivity contribution < 1.29 is 14.9 Å². The minimum atomic E-state index is -0.780. The fourth-order valence-electron chi connectivity index (χ4n) is 1.98. The van der Waals surface area contributed by atoms with E-state index in [0.29, 0.717) is 5.82 Å². The first-order valence-corrected chi connectivity index (χ1v) is 6.51. The number of aromatic nitrogens is 2. The number of ether oxygens (including phenoxy) is 1. The predicted octanol–water partition coefficient (Wildman–Crippen LogP) is -0.428. The molecular formula is C11H17N3O4S. The molecule has 1 aliphatic heterocycles. The second-order valence-corrected chi connectivity index (χ2v) is 5.21. The van der Waals surface area contributed by atoms with Gasteiger partial charge in [-0.1, -0.05) is 0 Å². The second kappa shape index (κ2) is 5.91. The fraction of sp³-hybridized carbons (Fsp3) is 0.636. The van der Waals surface area contributed by atoms with Crippen LogP contribution in [0.5, 0.6) is 0 Å². The SMILES string of the molecule is CC(S)Nc1ccn([C@H]2C[C@H](O)[C@@H](CO)O2)c(=O)n1. The lowest BCUT2D eigenvalue weighted by molar-refractivity contribution is -0.0458. The van der Waals surface area contributed by atoms with Crippen molar-refractivity contribution in [1.29, 1.82) is 0 Å². The lowest BCUT2D eigenvalue weighted by Gasteiger charge is -2.15. The number of anilines is 1. The molecule has 2 heterocycles. The summed E-state index contributed by atoms with van der Waals surface area (Å²) in [5.74, 6) is 0.431. The molecular weight excluding hydrogens is 270 g/mol. The van der Waals surface area contributed by atoms with Crippen LogP contribution in [-0.4, -0.2) is 44.0 Å². The quantitative estimate of drug-likeness (QED) is 0.443. The standard InChI is InChI=1S/C11H17N3O4S/c1-6(19)12-9-2-3-14(11(17)13-9)10-4-7(16)8(5-15)18-10/h2-3,6-8,10,15-16,19H,4-5H2,1H3,(H,12,13,17)/t6?,7-,8+,10+/m0/s1. The molecule has 1 unspecified atom stereocenters. The van der Waals surface area contributed by atoms with Crippen LogP contribution in [0.1, 0.15) is 19.6 Å². The van der Waals surface area contributed by atoms with Crippen LogP contribution < -0.4 is 11.0 Å². The Morgan fingerprint density at radius 2 is 2.47 bits per heavy atom. The molecule has 1 saturated heterocycles. The van der Waals surface area contributed by atoms with Gasteiger partial charge in [0.1, 0.15) is 18.1 Å². The molecule has 1 aliphatic rings. The van der Waals surface area contributed by atoms with Gasteiger partial charge in [-0.25, -0.2) is 4.79 Å². The van der Waals surface area contributed by atoms with Crippen molar-refractivity contribution in [2.24, 2.45) is 0 Å². The van der Waals surface area contributed by atoms with Crippen LogP contribution in [0.4, 0.5) is 5.82 Å². The molecule has 1 aromatic heterocycles. The molecule has 0 radical (unpaired) electrons. The van der Waals surface area contributed by atoms with E-state index in [-0.39, 0.29) is 18.4 Å². The molecule has 106 valence electrons.